The monoisotopic (exact) mass is 561 g/mol. The summed E-state index contributed by atoms with van der Waals surface area (Å²) in [6.07, 6.45) is 3.67. The van der Waals surface area contributed by atoms with Crippen LogP contribution < -0.4 is 16.0 Å². The number of nitrogens with zero attached hydrogens (tertiary/aromatic N) is 2. The summed E-state index contributed by atoms with van der Waals surface area (Å²) >= 11 is 0. The van der Waals surface area contributed by atoms with Crippen molar-refractivity contribution in [3.63, 3.8) is 0 Å². The van der Waals surface area contributed by atoms with Crippen molar-refractivity contribution in [1.29, 1.82) is 5.26 Å². The number of anilines is 2. The number of carbonyl (C=O) groups is 2. The van der Waals surface area contributed by atoms with Crippen LogP contribution in [0.1, 0.15) is 35.4 Å². The van der Waals surface area contributed by atoms with Gasteiger partial charge in [0.15, 0.2) is 11.6 Å². The zero-order valence-electron chi connectivity index (χ0n) is 21.1. The first-order valence-electron chi connectivity index (χ1n) is 12.3. The number of phenolic OH excluding ortho intramolecular Hbond substituents is 1. The van der Waals surface area contributed by atoms with Crippen molar-refractivity contribution in [1.82, 2.24) is 10.3 Å². The third-order valence-corrected chi connectivity index (χ3v) is 6.40. The SMILES string of the molecule is Cl.N#Cc1c(-c2cccc(NC(=O)C[C@H]3CCCN3)c2)cc(-c2ccc(F)cc2O)nc1NC(=O)c1ccco1. The van der Waals surface area contributed by atoms with E-state index in [1.54, 1.807) is 36.4 Å². The number of nitrogens with one attached hydrogen (secondary N) is 3. The first kappa shape index (κ1) is 28.3. The highest BCUT2D eigenvalue weighted by atomic mass is 35.5. The molecule has 0 aliphatic carbocycles. The van der Waals surface area contributed by atoms with Gasteiger partial charge in [0.1, 0.15) is 23.2 Å². The molecule has 204 valence electrons. The molecule has 2 aromatic heterocycles. The number of furan rings is 1. The average Bonchev–Trinajstić information content (AvgIpc) is 3.63. The molecular weight excluding hydrogens is 537 g/mol. The van der Waals surface area contributed by atoms with Gasteiger partial charge in [0.05, 0.1) is 12.0 Å². The van der Waals surface area contributed by atoms with E-state index in [0.29, 0.717) is 23.2 Å². The fourth-order valence-electron chi connectivity index (χ4n) is 4.54. The van der Waals surface area contributed by atoms with Gasteiger partial charge in [-0.1, -0.05) is 12.1 Å². The third-order valence-electron chi connectivity index (χ3n) is 6.40. The summed E-state index contributed by atoms with van der Waals surface area (Å²) < 4.78 is 18.8. The van der Waals surface area contributed by atoms with E-state index < -0.39 is 11.7 Å². The highest BCUT2D eigenvalue weighted by Gasteiger charge is 2.21. The molecule has 1 aliphatic rings. The lowest BCUT2D eigenvalue weighted by molar-refractivity contribution is -0.116. The minimum absolute atomic E-state index is 0. The molecule has 4 N–H and O–H groups in total. The van der Waals surface area contributed by atoms with Gasteiger partial charge in [-0.3, -0.25) is 9.59 Å². The molecule has 2 amide bonds. The number of phenols is 1. The standard InChI is InChI=1S/C29H24FN5O4.ClH/c30-18-8-9-21(25(36)13-18)24-15-22(23(16-31)28(34-24)35-29(38)26-7-3-11-39-26)17-4-1-5-20(12-17)33-27(37)14-19-6-2-10-32-19;/h1,3-5,7-9,11-13,15,19,32,36H,2,6,10,14H2,(H,33,37)(H,34,35,38);1H/t19-;/m1./s1. The average molecular weight is 562 g/mol. The maximum absolute atomic E-state index is 13.7. The van der Waals surface area contributed by atoms with Crippen LogP contribution in [0.4, 0.5) is 15.9 Å². The molecule has 2 aromatic carbocycles. The van der Waals surface area contributed by atoms with Gasteiger partial charge in [0.25, 0.3) is 5.91 Å². The smallest absolute Gasteiger partial charge is 0.292 e. The van der Waals surface area contributed by atoms with Gasteiger partial charge >= 0.3 is 0 Å². The highest BCUT2D eigenvalue weighted by molar-refractivity contribution is 6.03. The topological polar surface area (TPSA) is 140 Å². The van der Waals surface area contributed by atoms with E-state index in [0.717, 1.165) is 25.5 Å². The van der Waals surface area contributed by atoms with Gasteiger partial charge in [-0.2, -0.15) is 5.26 Å². The predicted molar refractivity (Wildman–Crippen MR) is 150 cm³/mol. The fraction of sp³-hybridized carbons (Fsp3) is 0.172. The van der Waals surface area contributed by atoms with Crippen LogP contribution in [0.3, 0.4) is 0 Å². The van der Waals surface area contributed by atoms with E-state index in [1.165, 1.54) is 24.5 Å². The molecule has 0 unspecified atom stereocenters. The number of halogens is 2. The zero-order valence-corrected chi connectivity index (χ0v) is 21.9. The molecule has 1 saturated heterocycles. The normalized spacial score (nSPS) is 14.2. The maximum Gasteiger partial charge on any atom is 0.292 e. The van der Waals surface area contributed by atoms with E-state index in [1.807, 2.05) is 0 Å². The van der Waals surface area contributed by atoms with Crippen LogP contribution in [0.2, 0.25) is 0 Å². The van der Waals surface area contributed by atoms with Crippen molar-refractivity contribution in [2.75, 3.05) is 17.2 Å². The van der Waals surface area contributed by atoms with Crippen LogP contribution in [-0.2, 0) is 4.79 Å². The molecule has 5 rings (SSSR count). The number of carbonyl (C=O) groups excluding carboxylic acids is 2. The van der Waals surface area contributed by atoms with Crippen molar-refractivity contribution in [3.05, 3.63) is 84.1 Å². The van der Waals surface area contributed by atoms with Gasteiger partial charge in [-0.05, 0) is 67.4 Å². The lowest BCUT2D eigenvalue weighted by atomic mass is 9.97. The summed E-state index contributed by atoms with van der Waals surface area (Å²) in [5.74, 6) is -1.81. The highest BCUT2D eigenvalue weighted by Crippen LogP contribution is 2.36. The maximum atomic E-state index is 13.7. The number of hydrogen-bond acceptors (Lipinski definition) is 7. The summed E-state index contributed by atoms with van der Waals surface area (Å²) in [4.78, 5) is 29.8. The fourth-order valence-corrected chi connectivity index (χ4v) is 4.54. The zero-order chi connectivity index (χ0) is 27.4. The molecule has 40 heavy (non-hydrogen) atoms. The first-order valence-corrected chi connectivity index (χ1v) is 12.3. The van der Waals surface area contributed by atoms with Gasteiger partial charge in [0.2, 0.25) is 5.91 Å². The summed E-state index contributed by atoms with van der Waals surface area (Å²) in [7, 11) is 0. The van der Waals surface area contributed by atoms with Gasteiger partial charge in [-0.15, -0.1) is 12.4 Å². The number of aromatic hydroxyl groups is 1. The Morgan fingerprint density at radius 2 is 1.98 bits per heavy atom. The van der Waals surface area contributed by atoms with Gasteiger partial charge < -0.3 is 25.5 Å². The molecule has 0 bridgehead atoms. The second-order valence-corrected chi connectivity index (χ2v) is 9.11. The van der Waals surface area contributed by atoms with Gasteiger partial charge in [0, 0.05) is 35.3 Å². The van der Waals surface area contributed by atoms with Crippen molar-refractivity contribution in [2.24, 2.45) is 0 Å². The molecule has 3 heterocycles. The third kappa shape index (κ3) is 6.29. The van der Waals surface area contributed by atoms with Crippen LogP contribution in [0.15, 0.2) is 71.3 Å². The first-order chi connectivity index (χ1) is 18.9. The lowest BCUT2D eigenvalue weighted by Crippen LogP contribution is -2.27. The largest absolute Gasteiger partial charge is 0.507 e. The van der Waals surface area contributed by atoms with Crippen LogP contribution in [0.25, 0.3) is 22.4 Å². The van der Waals surface area contributed by atoms with E-state index >= 15 is 0 Å². The summed E-state index contributed by atoms with van der Waals surface area (Å²) in [6.45, 7) is 0.900. The second-order valence-electron chi connectivity index (χ2n) is 9.11. The van der Waals surface area contributed by atoms with E-state index in [9.17, 15) is 24.3 Å². The number of nitriles is 1. The van der Waals surface area contributed by atoms with E-state index in [-0.39, 0.29) is 58.5 Å². The number of pyridine rings is 1. The summed E-state index contributed by atoms with van der Waals surface area (Å²) in [6, 6.07) is 17.2. The Bertz CT molecular complexity index is 1580. The Labute approximate surface area is 235 Å². The van der Waals surface area contributed by atoms with E-state index in [4.69, 9.17) is 4.42 Å². The Kier molecular flexibility index (Phi) is 8.79. The molecule has 1 aliphatic heterocycles. The van der Waals surface area contributed by atoms with Crippen LogP contribution in [-0.4, -0.2) is 34.5 Å². The van der Waals surface area contributed by atoms with Gasteiger partial charge in [-0.25, -0.2) is 9.37 Å². The molecule has 4 aromatic rings. The van der Waals surface area contributed by atoms with Crippen molar-refractivity contribution >= 4 is 35.7 Å². The number of benzene rings is 2. The summed E-state index contributed by atoms with van der Waals surface area (Å²) in [5, 5.41) is 29.3. The van der Waals surface area contributed by atoms with Crippen LogP contribution >= 0.6 is 12.4 Å². The Morgan fingerprint density at radius 1 is 1.12 bits per heavy atom. The molecule has 0 radical (unpaired) electrons. The molecule has 0 spiro atoms. The van der Waals surface area contributed by atoms with Crippen molar-refractivity contribution < 1.29 is 23.5 Å². The number of aromatic nitrogens is 1. The molecule has 0 saturated carbocycles. The van der Waals surface area contributed by atoms with E-state index in [2.05, 4.69) is 27.0 Å². The molecular formula is C29H25ClFN5O4. The van der Waals surface area contributed by atoms with Crippen LogP contribution in [0.5, 0.6) is 5.75 Å². The number of amides is 2. The lowest BCUT2D eigenvalue weighted by Gasteiger charge is -2.15. The van der Waals surface area contributed by atoms with Crippen molar-refractivity contribution in [3.8, 4) is 34.2 Å². The molecule has 1 fully saturated rings. The molecule has 1 atom stereocenters. The van der Waals surface area contributed by atoms with Crippen molar-refractivity contribution in [2.45, 2.75) is 25.3 Å². The number of hydrogen-bond donors (Lipinski definition) is 4. The summed E-state index contributed by atoms with van der Waals surface area (Å²) in [5.41, 5.74) is 1.92. The predicted octanol–water partition coefficient (Wildman–Crippen LogP) is 5.48. The second kappa shape index (κ2) is 12.4. The molecule has 9 nitrogen and oxygen atoms in total. The minimum atomic E-state index is -0.632. The minimum Gasteiger partial charge on any atom is -0.507 e. The Morgan fingerprint density at radius 3 is 2.67 bits per heavy atom. The molecule has 11 heteroatoms. The number of rotatable bonds is 7. The Balaban J connectivity index is 0.00000370. The van der Waals surface area contributed by atoms with Crippen LogP contribution in [0, 0.1) is 17.1 Å². The quantitative estimate of drug-likeness (QED) is 0.234. The Hall–Kier alpha value is -4.72.